The maximum absolute atomic E-state index is 13.4. The van der Waals surface area contributed by atoms with Crippen LogP contribution in [-0.2, 0) is 6.42 Å². The van der Waals surface area contributed by atoms with E-state index in [1.165, 1.54) is 5.56 Å². The van der Waals surface area contributed by atoms with Gasteiger partial charge < -0.3 is 19.1 Å². The maximum Gasteiger partial charge on any atom is 0.258 e. The molecule has 1 unspecified atom stereocenters. The molecule has 144 valence electrons. The number of hydrogen-bond donors (Lipinski definition) is 0. The van der Waals surface area contributed by atoms with E-state index in [0.29, 0.717) is 23.6 Å². The van der Waals surface area contributed by atoms with Crippen LogP contribution < -0.4 is 14.2 Å². The van der Waals surface area contributed by atoms with Gasteiger partial charge in [0.05, 0.1) is 32.9 Å². The molecule has 1 heterocycles. The largest absolute Gasteiger partial charge is 0.496 e. The van der Waals surface area contributed by atoms with Gasteiger partial charge in [0.1, 0.15) is 5.75 Å². The summed E-state index contributed by atoms with van der Waals surface area (Å²) in [5, 5.41) is 0. The number of carbonyl (C=O) groups is 1. The molecule has 5 nitrogen and oxygen atoms in total. The topological polar surface area (TPSA) is 48.0 Å². The van der Waals surface area contributed by atoms with Gasteiger partial charge in [-0.3, -0.25) is 4.79 Å². The van der Waals surface area contributed by atoms with Crippen molar-refractivity contribution in [3.63, 3.8) is 0 Å². The molecule has 5 heteroatoms. The van der Waals surface area contributed by atoms with Crippen molar-refractivity contribution in [2.45, 2.75) is 26.3 Å². The van der Waals surface area contributed by atoms with Crippen molar-refractivity contribution < 1.29 is 19.0 Å². The number of rotatable bonds is 5. The van der Waals surface area contributed by atoms with E-state index in [1.54, 1.807) is 21.3 Å². The number of para-hydroxylation sites is 1. The summed E-state index contributed by atoms with van der Waals surface area (Å²) < 4.78 is 16.4. The predicted molar refractivity (Wildman–Crippen MR) is 105 cm³/mol. The van der Waals surface area contributed by atoms with Crippen LogP contribution in [0.5, 0.6) is 17.2 Å². The van der Waals surface area contributed by atoms with Gasteiger partial charge in [-0.15, -0.1) is 0 Å². The molecular formula is C22H27NO4. The van der Waals surface area contributed by atoms with E-state index in [2.05, 4.69) is 13.8 Å². The van der Waals surface area contributed by atoms with Crippen molar-refractivity contribution in [3.05, 3.63) is 53.1 Å². The van der Waals surface area contributed by atoms with Crippen molar-refractivity contribution in [3.8, 4) is 17.2 Å². The molecule has 3 rings (SSSR count). The lowest BCUT2D eigenvalue weighted by Crippen LogP contribution is -2.42. The first-order chi connectivity index (χ1) is 13.0. The highest BCUT2D eigenvalue weighted by Gasteiger charge is 2.35. The average Bonchev–Trinajstić information content (AvgIpc) is 2.70. The summed E-state index contributed by atoms with van der Waals surface area (Å²) in [4.78, 5) is 15.3. The fraction of sp³-hybridized carbons (Fsp3) is 0.409. The van der Waals surface area contributed by atoms with E-state index in [0.717, 1.165) is 17.7 Å². The van der Waals surface area contributed by atoms with E-state index in [9.17, 15) is 4.79 Å². The second-order valence-corrected chi connectivity index (χ2v) is 7.04. The van der Waals surface area contributed by atoms with Gasteiger partial charge in [0.15, 0.2) is 11.5 Å². The zero-order valence-electron chi connectivity index (χ0n) is 16.6. The van der Waals surface area contributed by atoms with Gasteiger partial charge in [-0.1, -0.05) is 26.0 Å². The average molecular weight is 369 g/mol. The molecule has 2 aromatic carbocycles. The van der Waals surface area contributed by atoms with Crippen LogP contribution in [0, 0.1) is 5.92 Å². The van der Waals surface area contributed by atoms with Gasteiger partial charge in [-0.25, -0.2) is 0 Å². The Morgan fingerprint density at radius 2 is 1.63 bits per heavy atom. The number of methoxy groups -OCH3 is 3. The van der Waals surface area contributed by atoms with Crippen LogP contribution in [0.1, 0.15) is 41.4 Å². The quantitative estimate of drug-likeness (QED) is 0.796. The van der Waals surface area contributed by atoms with Crippen molar-refractivity contribution >= 4 is 5.91 Å². The zero-order chi connectivity index (χ0) is 19.6. The molecule has 0 bridgehead atoms. The van der Waals surface area contributed by atoms with Gasteiger partial charge in [-0.05, 0) is 47.7 Å². The van der Waals surface area contributed by atoms with Crippen LogP contribution in [0.2, 0.25) is 0 Å². The summed E-state index contributed by atoms with van der Waals surface area (Å²) in [5.74, 6) is 2.26. The van der Waals surface area contributed by atoms with Crippen LogP contribution in [-0.4, -0.2) is 38.7 Å². The first-order valence-corrected chi connectivity index (χ1v) is 9.20. The Labute approximate surface area is 160 Å². The molecule has 0 spiro atoms. The molecule has 2 aromatic rings. The first kappa shape index (κ1) is 19.1. The SMILES string of the molecule is COc1cc2c(cc1OC)C(C(C)C)N(C(=O)c1ccccc1OC)CC2. The highest BCUT2D eigenvalue weighted by Crippen LogP contribution is 2.41. The van der Waals surface area contributed by atoms with Crippen molar-refractivity contribution in [2.75, 3.05) is 27.9 Å². The van der Waals surface area contributed by atoms with Gasteiger partial charge in [0.25, 0.3) is 5.91 Å². The van der Waals surface area contributed by atoms with Gasteiger partial charge in [-0.2, -0.15) is 0 Å². The third kappa shape index (κ3) is 3.46. The molecule has 0 radical (unpaired) electrons. The molecule has 0 fully saturated rings. The van der Waals surface area contributed by atoms with Crippen LogP contribution in [0.4, 0.5) is 0 Å². The van der Waals surface area contributed by atoms with E-state index in [1.807, 2.05) is 41.3 Å². The minimum Gasteiger partial charge on any atom is -0.496 e. The third-order valence-corrected chi connectivity index (χ3v) is 5.15. The molecule has 0 saturated carbocycles. The number of fused-ring (bicyclic) bond motifs is 1. The summed E-state index contributed by atoms with van der Waals surface area (Å²) in [7, 11) is 4.87. The second kappa shape index (κ2) is 7.91. The van der Waals surface area contributed by atoms with Crippen molar-refractivity contribution in [1.29, 1.82) is 0 Å². The van der Waals surface area contributed by atoms with Crippen LogP contribution in [0.25, 0.3) is 0 Å². The van der Waals surface area contributed by atoms with Gasteiger partial charge in [0.2, 0.25) is 0 Å². The Hall–Kier alpha value is -2.69. The highest BCUT2D eigenvalue weighted by atomic mass is 16.5. The fourth-order valence-corrected chi connectivity index (χ4v) is 3.90. The number of nitrogens with zero attached hydrogens (tertiary/aromatic N) is 1. The van der Waals surface area contributed by atoms with E-state index in [-0.39, 0.29) is 17.9 Å². The highest BCUT2D eigenvalue weighted by molar-refractivity contribution is 5.97. The van der Waals surface area contributed by atoms with Gasteiger partial charge in [0, 0.05) is 6.54 Å². The number of amides is 1. The number of benzene rings is 2. The fourth-order valence-electron chi connectivity index (χ4n) is 3.90. The lowest BCUT2D eigenvalue weighted by molar-refractivity contribution is 0.0599. The number of ether oxygens (including phenoxy) is 3. The van der Waals surface area contributed by atoms with Crippen LogP contribution in [0.3, 0.4) is 0 Å². The number of carbonyl (C=O) groups excluding carboxylic acids is 1. The molecule has 1 aliphatic heterocycles. The normalized spacial score (nSPS) is 16.1. The zero-order valence-corrected chi connectivity index (χ0v) is 16.6. The minimum atomic E-state index is -0.0361. The Morgan fingerprint density at radius 3 is 2.26 bits per heavy atom. The van der Waals surface area contributed by atoms with Crippen LogP contribution in [0.15, 0.2) is 36.4 Å². The minimum absolute atomic E-state index is 0.00779. The summed E-state index contributed by atoms with van der Waals surface area (Å²) in [6.45, 7) is 4.93. The molecule has 1 aliphatic rings. The summed E-state index contributed by atoms with van der Waals surface area (Å²) in [6, 6.07) is 11.4. The molecule has 0 saturated heterocycles. The number of hydrogen-bond acceptors (Lipinski definition) is 4. The lowest BCUT2D eigenvalue weighted by Gasteiger charge is -2.40. The Morgan fingerprint density at radius 1 is 1.00 bits per heavy atom. The molecular weight excluding hydrogens is 342 g/mol. The van der Waals surface area contributed by atoms with E-state index < -0.39 is 0 Å². The van der Waals surface area contributed by atoms with Crippen molar-refractivity contribution in [2.24, 2.45) is 5.92 Å². The van der Waals surface area contributed by atoms with Gasteiger partial charge >= 0.3 is 0 Å². The summed E-state index contributed by atoms with van der Waals surface area (Å²) in [5.41, 5.74) is 2.92. The molecule has 1 amide bonds. The summed E-state index contributed by atoms with van der Waals surface area (Å²) >= 11 is 0. The second-order valence-electron chi connectivity index (χ2n) is 7.04. The smallest absolute Gasteiger partial charge is 0.258 e. The monoisotopic (exact) mass is 369 g/mol. The molecule has 0 aromatic heterocycles. The van der Waals surface area contributed by atoms with Crippen molar-refractivity contribution in [1.82, 2.24) is 4.90 Å². The standard InChI is InChI=1S/C22H27NO4/c1-14(2)21-17-13-20(27-5)19(26-4)12-15(17)10-11-23(21)22(24)16-8-6-7-9-18(16)25-3/h6-9,12-14,21H,10-11H2,1-5H3. The third-order valence-electron chi connectivity index (χ3n) is 5.15. The Bertz CT molecular complexity index is 831. The van der Waals surface area contributed by atoms with E-state index in [4.69, 9.17) is 14.2 Å². The Kier molecular flexibility index (Phi) is 5.59. The van der Waals surface area contributed by atoms with E-state index >= 15 is 0 Å². The summed E-state index contributed by atoms with van der Waals surface area (Å²) in [6.07, 6.45) is 0.778. The predicted octanol–water partition coefficient (Wildman–Crippen LogP) is 4.11. The molecule has 0 N–H and O–H groups in total. The first-order valence-electron chi connectivity index (χ1n) is 9.20. The molecule has 1 atom stereocenters. The Balaban J connectivity index is 2.05. The molecule has 0 aliphatic carbocycles. The van der Waals surface area contributed by atoms with Crippen LogP contribution >= 0.6 is 0 Å². The molecule has 27 heavy (non-hydrogen) atoms. The lowest BCUT2D eigenvalue weighted by atomic mass is 9.85. The maximum atomic E-state index is 13.4.